The van der Waals surface area contributed by atoms with Gasteiger partial charge in [-0.2, -0.15) is 0 Å². The van der Waals surface area contributed by atoms with E-state index in [4.69, 9.17) is 9.47 Å². The molecule has 1 fully saturated rings. The highest BCUT2D eigenvalue weighted by Gasteiger charge is 2.44. The molecule has 0 aromatic heterocycles. The molecule has 3 aromatic carbocycles. The van der Waals surface area contributed by atoms with Gasteiger partial charge in [-0.15, -0.1) is 0 Å². The molecule has 184 valence electrons. The quantitative estimate of drug-likeness (QED) is 0.503. The Morgan fingerprint density at radius 3 is 2.03 bits per heavy atom. The van der Waals surface area contributed by atoms with Crippen molar-refractivity contribution < 1.29 is 19.4 Å². The summed E-state index contributed by atoms with van der Waals surface area (Å²) in [6.45, 7) is 2.61. The Hall–Kier alpha value is -3.35. The first kappa shape index (κ1) is 24.8. The minimum absolute atomic E-state index is 0.333. The largest absolute Gasteiger partial charge is 0.497 e. The summed E-state index contributed by atoms with van der Waals surface area (Å²) in [5.74, 6) is 0.942. The lowest BCUT2D eigenvalue weighted by atomic mass is 9.84. The first-order valence-corrected chi connectivity index (χ1v) is 12.0. The average Bonchev–Trinajstić information content (AvgIpc) is 3.44. The monoisotopic (exact) mass is 474 g/mol. The standard InChI is InChI=1S/C29H34N2O4/c1-30(28(32)29(33,22-12-6-4-7-13-22)23-14-8-5-9-15-23)26(21-31-18-10-11-19-31)25-17-16-24(34-2)20-27(25)35-3/h4-9,12-17,20,26,33H,10-11,18-19,21H2,1-3H3/t26-/m1/s1. The fourth-order valence-corrected chi connectivity index (χ4v) is 4.90. The number of likely N-dealkylation sites (tertiary alicyclic amines) is 1. The molecule has 35 heavy (non-hydrogen) atoms. The molecule has 1 amide bonds. The van der Waals surface area contributed by atoms with Crippen molar-refractivity contribution in [2.75, 3.05) is 40.9 Å². The minimum Gasteiger partial charge on any atom is -0.497 e. The number of carbonyl (C=O) groups is 1. The lowest BCUT2D eigenvalue weighted by Crippen LogP contribution is -2.49. The lowest BCUT2D eigenvalue weighted by Gasteiger charge is -2.38. The molecule has 0 bridgehead atoms. The Kier molecular flexibility index (Phi) is 7.73. The molecule has 1 aliphatic heterocycles. The molecule has 1 atom stereocenters. The maximum atomic E-state index is 14.3. The normalized spacial score (nSPS) is 15.0. The molecule has 1 N–H and O–H groups in total. The fraction of sp³-hybridized carbons (Fsp3) is 0.345. The molecule has 0 aliphatic carbocycles. The highest BCUT2D eigenvalue weighted by Crippen LogP contribution is 2.38. The van der Waals surface area contributed by atoms with E-state index in [1.807, 2.05) is 54.6 Å². The van der Waals surface area contributed by atoms with Crippen molar-refractivity contribution in [1.82, 2.24) is 9.80 Å². The van der Waals surface area contributed by atoms with E-state index >= 15 is 0 Å². The summed E-state index contributed by atoms with van der Waals surface area (Å²) < 4.78 is 11.1. The van der Waals surface area contributed by atoms with Crippen LogP contribution >= 0.6 is 0 Å². The predicted octanol–water partition coefficient (Wildman–Crippen LogP) is 4.24. The zero-order valence-corrected chi connectivity index (χ0v) is 20.7. The Balaban J connectivity index is 1.79. The van der Waals surface area contributed by atoms with Gasteiger partial charge in [0.1, 0.15) is 11.5 Å². The second-order valence-corrected chi connectivity index (χ2v) is 8.99. The number of amides is 1. The van der Waals surface area contributed by atoms with Gasteiger partial charge in [-0.05, 0) is 49.2 Å². The van der Waals surface area contributed by atoms with E-state index in [2.05, 4.69) is 4.90 Å². The highest BCUT2D eigenvalue weighted by atomic mass is 16.5. The summed E-state index contributed by atoms with van der Waals surface area (Å²) in [5.41, 5.74) is 0.106. The molecule has 1 aliphatic rings. The van der Waals surface area contributed by atoms with Crippen molar-refractivity contribution >= 4 is 5.91 Å². The third-order valence-electron chi connectivity index (χ3n) is 6.91. The van der Waals surface area contributed by atoms with Crippen molar-refractivity contribution in [2.24, 2.45) is 0 Å². The number of hydrogen-bond acceptors (Lipinski definition) is 5. The van der Waals surface area contributed by atoms with Gasteiger partial charge in [0.25, 0.3) is 5.91 Å². The smallest absolute Gasteiger partial charge is 0.264 e. The molecule has 0 spiro atoms. The number of aliphatic hydroxyl groups is 1. The third kappa shape index (κ3) is 5.04. The van der Waals surface area contributed by atoms with Gasteiger partial charge in [0.05, 0.1) is 20.3 Å². The van der Waals surface area contributed by atoms with Crippen LogP contribution in [-0.4, -0.2) is 61.7 Å². The number of carbonyl (C=O) groups excluding carboxylic acids is 1. The van der Waals surface area contributed by atoms with Crippen molar-refractivity contribution in [2.45, 2.75) is 24.5 Å². The number of benzene rings is 3. The number of methoxy groups -OCH3 is 2. The van der Waals surface area contributed by atoms with Crippen LogP contribution in [0, 0.1) is 0 Å². The number of rotatable bonds is 9. The van der Waals surface area contributed by atoms with Crippen LogP contribution in [-0.2, 0) is 10.4 Å². The summed E-state index contributed by atoms with van der Waals surface area (Å²) in [7, 11) is 5.01. The van der Waals surface area contributed by atoms with Crippen LogP contribution in [0.5, 0.6) is 11.5 Å². The predicted molar refractivity (Wildman–Crippen MR) is 137 cm³/mol. The molecular weight excluding hydrogens is 440 g/mol. The minimum atomic E-state index is -1.83. The topological polar surface area (TPSA) is 62.2 Å². The molecule has 4 rings (SSSR count). The highest BCUT2D eigenvalue weighted by molar-refractivity contribution is 5.90. The first-order valence-electron chi connectivity index (χ1n) is 12.0. The molecule has 0 radical (unpaired) electrons. The zero-order chi connectivity index (χ0) is 24.8. The molecular formula is C29H34N2O4. The van der Waals surface area contributed by atoms with Crippen LogP contribution in [0.15, 0.2) is 78.9 Å². The second-order valence-electron chi connectivity index (χ2n) is 8.99. The Bertz CT molecular complexity index is 1070. The van der Waals surface area contributed by atoms with E-state index in [0.29, 0.717) is 29.2 Å². The molecule has 1 heterocycles. The van der Waals surface area contributed by atoms with Gasteiger partial charge in [0.15, 0.2) is 5.60 Å². The maximum absolute atomic E-state index is 14.3. The van der Waals surface area contributed by atoms with Crippen LogP contribution in [0.25, 0.3) is 0 Å². The van der Waals surface area contributed by atoms with Crippen LogP contribution < -0.4 is 9.47 Å². The number of likely N-dealkylation sites (N-methyl/N-ethyl adjacent to an activating group) is 1. The van der Waals surface area contributed by atoms with Crippen molar-refractivity contribution in [3.05, 3.63) is 95.6 Å². The van der Waals surface area contributed by atoms with Crippen molar-refractivity contribution in [3.8, 4) is 11.5 Å². The van der Waals surface area contributed by atoms with E-state index in [-0.39, 0.29) is 6.04 Å². The molecule has 6 nitrogen and oxygen atoms in total. The van der Waals surface area contributed by atoms with E-state index in [0.717, 1.165) is 31.5 Å². The number of ether oxygens (including phenoxy) is 2. The Labute approximate surface area is 207 Å². The summed E-state index contributed by atoms with van der Waals surface area (Å²) >= 11 is 0. The van der Waals surface area contributed by atoms with Crippen LogP contribution in [0.3, 0.4) is 0 Å². The molecule has 6 heteroatoms. The van der Waals surface area contributed by atoms with Crippen LogP contribution in [0.4, 0.5) is 0 Å². The van der Waals surface area contributed by atoms with Crippen LogP contribution in [0.2, 0.25) is 0 Å². The first-order chi connectivity index (χ1) is 17.0. The lowest BCUT2D eigenvalue weighted by molar-refractivity contribution is -0.149. The number of nitrogens with zero attached hydrogens (tertiary/aromatic N) is 2. The summed E-state index contributed by atoms with van der Waals surface area (Å²) in [6.07, 6.45) is 2.28. The average molecular weight is 475 g/mol. The summed E-state index contributed by atoms with van der Waals surface area (Å²) in [6, 6.07) is 23.6. The zero-order valence-electron chi connectivity index (χ0n) is 20.7. The van der Waals surface area contributed by atoms with Gasteiger partial charge in [-0.1, -0.05) is 60.7 Å². The molecule has 3 aromatic rings. The van der Waals surface area contributed by atoms with Gasteiger partial charge >= 0.3 is 0 Å². The van der Waals surface area contributed by atoms with Crippen molar-refractivity contribution in [1.29, 1.82) is 0 Å². The van der Waals surface area contributed by atoms with Gasteiger partial charge in [-0.3, -0.25) is 4.79 Å². The van der Waals surface area contributed by atoms with E-state index in [1.54, 1.807) is 50.4 Å². The maximum Gasteiger partial charge on any atom is 0.264 e. The van der Waals surface area contributed by atoms with Gasteiger partial charge in [-0.25, -0.2) is 0 Å². The Morgan fingerprint density at radius 1 is 0.943 bits per heavy atom. The van der Waals surface area contributed by atoms with Crippen LogP contribution in [0.1, 0.15) is 35.6 Å². The summed E-state index contributed by atoms with van der Waals surface area (Å²) in [5, 5.41) is 12.1. The van der Waals surface area contributed by atoms with Crippen molar-refractivity contribution in [3.63, 3.8) is 0 Å². The van der Waals surface area contributed by atoms with Gasteiger partial charge in [0, 0.05) is 25.2 Å². The van der Waals surface area contributed by atoms with E-state index in [9.17, 15) is 9.90 Å². The van der Waals surface area contributed by atoms with Gasteiger partial charge in [0.2, 0.25) is 0 Å². The molecule has 1 saturated heterocycles. The molecule has 0 saturated carbocycles. The van der Waals surface area contributed by atoms with E-state index < -0.39 is 11.5 Å². The summed E-state index contributed by atoms with van der Waals surface area (Å²) in [4.78, 5) is 18.3. The SMILES string of the molecule is COc1ccc([C@@H](CN2CCCC2)N(C)C(=O)C(O)(c2ccccc2)c2ccccc2)c(OC)c1. The Morgan fingerprint density at radius 2 is 1.51 bits per heavy atom. The van der Waals surface area contributed by atoms with Gasteiger partial charge < -0.3 is 24.4 Å². The van der Waals surface area contributed by atoms with E-state index in [1.165, 1.54) is 0 Å². The second kappa shape index (κ2) is 10.9. The number of hydrogen-bond donors (Lipinski definition) is 1. The third-order valence-corrected chi connectivity index (χ3v) is 6.91. The fourth-order valence-electron chi connectivity index (χ4n) is 4.90. The molecule has 0 unspecified atom stereocenters.